The van der Waals surface area contributed by atoms with Gasteiger partial charge in [0.2, 0.25) is 0 Å². The Hall–Kier alpha value is -1.13. The molecule has 1 atom stereocenters. The van der Waals surface area contributed by atoms with Crippen LogP contribution in [-0.4, -0.2) is 34.9 Å². The van der Waals surface area contributed by atoms with Gasteiger partial charge in [-0.05, 0) is 25.5 Å². The summed E-state index contributed by atoms with van der Waals surface area (Å²) in [5.74, 6) is 0.811. The molecule has 1 aromatic rings. The van der Waals surface area contributed by atoms with Crippen LogP contribution in [0.1, 0.15) is 18.2 Å². The van der Waals surface area contributed by atoms with E-state index in [0.717, 1.165) is 17.1 Å². The van der Waals surface area contributed by atoms with Crippen LogP contribution in [0.3, 0.4) is 0 Å². The van der Waals surface area contributed by atoms with Gasteiger partial charge in [0.05, 0.1) is 19.3 Å². The second-order valence-electron chi connectivity index (χ2n) is 3.71. The molecule has 0 aromatic carbocycles. The number of nitrogens with zero attached hydrogens (tertiary/aromatic N) is 2. The molecule has 0 fully saturated rings. The van der Waals surface area contributed by atoms with E-state index in [-0.39, 0.29) is 19.3 Å². The Bertz CT molecular complexity index is 328. The van der Waals surface area contributed by atoms with Crippen molar-refractivity contribution in [3.63, 3.8) is 0 Å². The summed E-state index contributed by atoms with van der Waals surface area (Å²) in [5.41, 5.74) is 1.66. The fourth-order valence-electron chi connectivity index (χ4n) is 1.29. The second kappa shape index (κ2) is 5.09. The third kappa shape index (κ3) is 2.67. The van der Waals surface area contributed by atoms with Crippen molar-refractivity contribution >= 4 is 5.82 Å². The Morgan fingerprint density at radius 3 is 2.53 bits per heavy atom. The van der Waals surface area contributed by atoms with Crippen LogP contribution in [0, 0.1) is 6.92 Å². The van der Waals surface area contributed by atoms with Gasteiger partial charge in [0, 0.05) is 12.7 Å². The van der Waals surface area contributed by atoms with Crippen LogP contribution >= 0.6 is 0 Å². The second-order valence-corrected chi connectivity index (χ2v) is 3.71. The lowest BCUT2D eigenvalue weighted by Crippen LogP contribution is -2.32. The first kappa shape index (κ1) is 11.9. The standard InChI is InChI=1S/C11H18N2O2/c1-8(6-14)13(3)11-5-4-10(7-15)9(2)12-11/h4-5,8,14-15H,6-7H2,1-3H3. The molecule has 0 aliphatic heterocycles. The average Bonchev–Trinajstić information content (AvgIpc) is 2.26. The van der Waals surface area contributed by atoms with Gasteiger partial charge in [-0.25, -0.2) is 4.98 Å². The summed E-state index contributed by atoms with van der Waals surface area (Å²) in [5, 5.41) is 18.0. The largest absolute Gasteiger partial charge is 0.394 e. The lowest BCUT2D eigenvalue weighted by atomic mass is 10.2. The molecule has 0 saturated heterocycles. The first-order valence-electron chi connectivity index (χ1n) is 5.01. The monoisotopic (exact) mass is 210 g/mol. The van der Waals surface area contributed by atoms with Gasteiger partial charge in [-0.15, -0.1) is 0 Å². The molecular formula is C11H18N2O2. The minimum absolute atomic E-state index is 0.0123. The maximum atomic E-state index is 9.03. The van der Waals surface area contributed by atoms with Crippen molar-refractivity contribution in [2.45, 2.75) is 26.5 Å². The zero-order valence-corrected chi connectivity index (χ0v) is 9.44. The van der Waals surface area contributed by atoms with Gasteiger partial charge in [0.1, 0.15) is 5.82 Å². The van der Waals surface area contributed by atoms with Crippen LogP contribution in [-0.2, 0) is 6.61 Å². The highest BCUT2D eigenvalue weighted by Gasteiger charge is 2.10. The Labute approximate surface area is 90.2 Å². The molecule has 0 aliphatic rings. The summed E-state index contributed by atoms with van der Waals surface area (Å²) in [6, 6.07) is 3.75. The molecule has 2 N–H and O–H groups in total. The number of rotatable bonds is 4. The quantitative estimate of drug-likeness (QED) is 0.768. The van der Waals surface area contributed by atoms with Gasteiger partial charge in [-0.2, -0.15) is 0 Å². The topological polar surface area (TPSA) is 56.6 Å². The van der Waals surface area contributed by atoms with Crippen molar-refractivity contribution in [1.29, 1.82) is 0 Å². The van der Waals surface area contributed by atoms with Crippen molar-refractivity contribution < 1.29 is 10.2 Å². The molecule has 1 unspecified atom stereocenters. The zero-order chi connectivity index (χ0) is 11.4. The minimum atomic E-state index is 0.0123. The number of aliphatic hydroxyl groups excluding tert-OH is 2. The van der Waals surface area contributed by atoms with Gasteiger partial charge >= 0.3 is 0 Å². The SMILES string of the molecule is Cc1nc(N(C)C(C)CO)ccc1CO. The summed E-state index contributed by atoms with van der Waals surface area (Å²) in [6.45, 7) is 3.90. The predicted molar refractivity (Wildman–Crippen MR) is 59.8 cm³/mol. The maximum absolute atomic E-state index is 9.03. The van der Waals surface area contributed by atoms with Gasteiger partial charge in [-0.1, -0.05) is 6.07 Å². The molecule has 0 amide bonds. The van der Waals surface area contributed by atoms with Crippen molar-refractivity contribution in [3.8, 4) is 0 Å². The molecule has 4 heteroatoms. The fraction of sp³-hybridized carbons (Fsp3) is 0.545. The summed E-state index contributed by atoms with van der Waals surface area (Å²) in [6.07, 6.45) is 0. The first-order valence-corrected chi connectivity index (χ1v) is 5.01. The number of aromatic nitrogens is 1. The summed E-state index contributed by atoms with van der Waals surface area (Å²) < 4.78 is 0. The molecule has 84 valence electrons. The van der Waals surface area contributed by atoms with Gasteiger partial charge < -0.3 is 15.1 Å². The molecule has 0 radical (unpaired) electrons. The highest BCUT2D eigenvalue weighted by atomic mass is 16.3. The van der Waals surface area contributed by atoms with Crippen molar-refractivity contribution in [3.05, 3.63) is 23.4 Å². The van der Waals surface area contributed by atoms with Crippen LogP contribution in [0.25, 0.3) is 0 Å². The van der Waals surface area contributed by atoms with E-state index in [9.17, 15) is 0 Å². The summed E-state index contributed by atoms with van der Waals surface area (Å²) in [4.78, 5) is 6.28. The highest BCUT2D eigenvalue weighted by Crippen LogP contribution is 2.15. The van der Waals surface area contributed by atoms with Crippen LogP contribution in [0.2, 0.25) is 0 Å². The van der Waals surface area contributed by atoms with Crippen LogP contribution in [0.15, 0.2) is 12.1 Å². The van der Waals surface area contributed by atoms with Crippen molar-refractivity contribution in [2.75, 3.05) is 18.6 Å². The fourth-order valence-corrected chi connectivity index (χ4v) is 1.29. The summed E-state index contributed by atoms with van der Waals surface area (Å²) in [7, 11) is 1.89. The Morgan fingerprint density at radius 1 is 1.40 bits per heavy atom. The molecule has 1 rings (SSSR count). The normalized spacial score (nSPS) is 12.6. The highest BCUT2D eigenvalue weighted by molar-refractivity contribution is 5.41. The lowest BCUT2D eigenvalue weighted by molar-refractivity contribution is 0.269. The first-order chi connectivity index (χ1) is 7.10. The van der Waals surface area contributed by atoms with Gasteiger partial charge in [-0.3, -0.25) is 0 Å². The van der Waals surface area contributed by atoms with Crippen LogP contribution < -0.4 is 4.90 Å². The molecule has 0 spiro atoms. The molecule has 4 nitrogen and oxygen atoms in total. The molecule has 1 heterocycles. The summed E-state index contributed by atoms with van der Waals surface area (Å²) >= 11 is 0. The molecular weight excluding hydrogens is 192 g/mol. The number of pyridine rings is 1. The van der Waals surface area contributed by atoms with E-state index in [1.54, 1.807) is 0 Å². The van der Waals surface area contributed by atoms with E-state index in [1.165, 1.54) is 0 Å². The zero-order valence-electron chi connectivity index (χ0n) is 9.44. The minimum Gasteiger partial charge on any atom is -0.394 e. The van der Waals surface area contributed by atoms with Gasteiger partial charge in [0.25, 0.3) is 0 Å². The number of anilines is 1. The predicted octanol–water partition coefficient (Wildman–Crippen LogP) is 0.699. The molecule has 15 heavy (non-hydrogen) atoms. The van der Waals surface area contributed by atoms with Crippen LogP contribution in [0.5, 0.6) is 0 Å². The van der Waals surface area contributed by atoms with Crippen molar-refractivity contribution in [2.24, 2.45) is 0 Å². The smallest absolute Gasteiger partial charge is 0.128 e. The number of aryl methyl sites for hydroxylation is 1. The Balaban J connectivity index is 2.92. The van der Waals surface area contributed by atoms with Crippen molar-refractivity contribution in [1.82, 2.24) is 4.98 Å². The third-order valence-electron chi connectivity index (χ3n) is 2.64. The Morgan fingerprint density at radius 2 is 2.07 bits per heavy atom. The van der Waals surface area contributed by atoms with E-state index in [2.05, 4.69) is 4.98 Å². The number of aliphatic hydroxyl groups is 2. The number of hydrogen-bond donors (Lipinski definition) is 2. The van der Waals surface area contributed by atoms with Gasteiger partial charge in [0.15, 0.2) is 0 Å². The number of hydrogen-bond acceptors (Lipinski definition) is 4. The molecule has 0 aliphatic carbocycles. The van der Waals surface area contributed by atoms with E-state index < -0.39 is 0 Å². The van der Waals surface area contributed by atoms with E-state index in [4.69, 9.17) is 10.2 Å². The van der Waals surface area contributed by atoms with E-state index in [0.29, 0.717) is 0 Å². The number of likely N-dealkylation sites (N-methyl/N-ethyl adjacent to an activating group) is 1. The third-order valence-corrected chi connectivity index (χ3v) is 2.64. The maximum Gasteiger partial charge on any atom is 0.128 e. The average molecular weight is 210 g/mol. The van der Waals surface area contributed by atoms with Crippen LogP contribution in [0.4, 0.5) is 5.82 Å². The lowest BCUT2D eigenvalue weighted by Gasteiger charge is -2.24. The Kier molecular flexibility index (Phi) is 4.05. The van der Waals surface area contributed by atoms with E-state index >= 15 is 0 Å². The van der Waals surface area contributed by atoms with E-state index in [1.807, 2.05) is 37.9 Å². The molecule has 0 bridgehead atoms. The molecule has 1 aromatic heterocycles. The molecule has 0 saturated carbocycles.